The SMILES string of the molecule is C#CCOc1cc(-n2c(=O)c(Cl)c(C(F)(F)F)n(C)c2=O)c(F)cc1Cl. The van der Waals surface area contributed by atoms with Crippen molar-refractivity contribution in [2.24, 2.45) is 7.05 Å². The molecule has 0 atom stereocenters. The zero-order valence-electron chi connectivity index (χ0n) is 12.8. The molecule has 0 aliphatic rings. The molecular weight excluding hydrogens is 403 g/mol. The van der Waals surface area contributed by atoms with Gasteiger partial charge in [0.05, 0.1) is 10.7 Å². The van der Waals surface area contributed by atoms with Crippen LogP contribution in [-0.4, -0.2) is 15.7 Å². The first-order valence-electron chi connectivity index (χ1n) is 6.65. The lowest BCUT2D eigenvalue weighted by Crippen LogP contribution is -2.42. The van der Waals surface area contributed by atoms with Crippen LogP contribution in [0.5, 0.6) is 5.75 Å². The highest BCUT2D eigenvalue weighted by Gasteiger charge is 2.39. The van der Waals surface area contributed by atoms with E-state index in [1.54, 1.807) is 0 Å². The zero-order valence-corrected chi connectivity index (χ0v) is 14.3. The highest BCUT2D eigenvalue weighted by molar-refractivity contribution is 6.32. The third kappa shape index (κ3) is 3.43. The summed E-state index contributed by atoms with van der Waals surface area (Å²) in [5, 5.41) is -1.51. The molecule has 1 aromatic carbocycles. The van der Waals surface area contributed by atoms with Gasteiger partial charge in [-0.25, -0.2) is 13.8 Å². The molecule has 0 saturated carbocycles. The maximum atomic E-state index is 14.2. The van der Waals surface area contributed by atoms with Gasteiger partial charge in [0.15, 0.2) is 5.69 Å². The molecule has 0 aliphatic carbocycles. The molecule has 0 amide bonds. The van der Waals surface area contributed by atoms with Crippen LogP contribution in [0.15, 0.2) is 21.7 Å². The van der Waals surface area contributed by atoms with Crippen LogP contribution in [0.2, 0.25) is 10.0 Å². The largest absolute Gasteiger partial charge is 0.479 e. The lowest BCUT2D eigenvalue weighted by Gasteiger charge is -2.16. The molecule has 0 bridgehead atoms. The Kier molecular flexibility index (Phi) is 5.39. The normalized spacial score (nSPS) is 11.3. The van der Waals surface area contributed by atoms with Gasteiger partial charge in [-0.15, -0.1) is 6.42 Å². The summed E-state index contributed by atoms with van der Waals surface area (Å²) in [5.74, 6) is 0.798. The maximum absolute atomic E-state index is 14.2. The van der Waals surface area contributed by atoms with E-state index in [1.807, 2.05) is 0 Å². The number of rotatable bonds is 3. The number of alkyl halides is 3. The topological polar surface area (TPSA) is 53.2 Å². The molecule has 0 saturated heterocycles. The van der Waals surface area contributed by atoms with E-state index in [1.165, 1.54) is 0 Å². The molecule has 26 heavy (non-hydrogen) atoms. The molecular formula is C15H8Cl2F4N2O3. The van der Waals surface area contributed by atoms with Crippen LogP contribution < -0.4 is 16.0 Å². The molecule has 0 N–H and O–H groups in total. The molecule has 0 unspecified atom stereocenters. The zero-order chi connectivity index (χ0) is 19.8. The molecule has 1 aromatic heterocycles. The number of terminal acetylenes is 1. The van der Waals surface area contributed by atoms with E-state index in [0.29, 0.717) is 0 Å². The maximum Gasteiger partial charge on any atom is 0.433 e. The van der Waals surface area contributed by atoms with E-state index in [4.69, 9.17) is 34.4 Å². The van der Waals surface area contributed by atoms with E-state index in [9.17, 15) is 27.2 Å². The van der Waals surface area contributed by atoms with Crippen molar-refractivity contribution in [3.63, 3.8) is 0 Å². The van der Waals surface area contributed by atoms with E-state index < -0.39 is 39.6 Å². The van der Waals surface area contributed by atoms with Crippen LogP contribution in [0.3, 0.4) is 0 Å². The highest BCUT2D eigenvalue weighted by atomic mass is 35.5. The minimum absolute atomic E-state index is 0.0970. The number of ether oxygens (including phenoxy) is 1. The molecule has 2 aromatic rings. The van der Waals surface area contributed by atoms with Crippen LogP contribution in [0, 0.1) is 18.2 Å². The second kappa shape index (κ2) is 7.05. The Bertz CT molecular complexity index is 998. The van der Waals surface area contributed by atoms with Gasteiger partial charge in [0.2, 0.25) is 0 Å². The van der Waals surface area contributed by atoms with E-state index in [-0.39, 0.29) is 26.5 Å². The van der Waals surface area contributed by atoms with E-state index >= 15 is 0 Å². The van der Waals surface area contributed by atoms with Crippen molar-refractivity contribution in [3.8, 4) is 23.8 Å². The molecule has 0 aliphatic heterocycles. The Morgan fingerprint density at radius 2 is 1.88 bits per heavy atom. The Morgan fingerprint density at radius 1 is 1.27 bits per heavy atom. The Morgan fingerprint density at radius 3 is 2.42 bits per heavy atom. The summed E-state index contributed by atoms with van der Waals surface area (Å²) in [5.41, 5.74) is -5.35. The lowest BCUT2D eigenvalue weighted by atomic mass is 10.2. The molecule has 5 nitrogen and oxygen atoms in total. The second-order valence-corrected chi connectivity index (χ2v) is 5.65. The third-order valence-electron chi connectivity index (χ3n) is 3.23. The average molecular weight is 411 g/mol. The first-order chi connectivity index (χ1) is 12.0. The highest BCUT2D eigenvalue weighted by Crippen LogP contribution is 2.33. The van der Waals surface area contributed by atoms with Gasteiger partial charge in [0.1, 0.15) is 23.2 Å². The molecule has 0 spiro atoms. The molecule has 11 heteroatoms. The van der Waals surface area contributed by atoms with Crippen molar-refractivity contribution in [2.45, 2.75) is 6.18 Å². The van der Waals surface area contributed by atoms with Crippen molar-refractivity contribution in [3.05, 3.63) is 54.5 Å². The van der Waals surface area contributed by atoms with Gasteiger partial charge in [-0.2, -0.15) is 13.2 Å². The third-order valence-corrected chi connectivity index (χ3v) is 3.87. The molecule has 0 radical (unpaired) electrons. The number of hydrogen-bond acceptors (Lipinski definition) is 3. The molecule has 2 rings (SSSR count). The van der Waals surface area contributed by atoms with Crippen molar-refractivity contribution in [2.75, 3.05) is 6.61 Å². The fraction of sp³-hybridized carbons (Fsp3) is 0.200. The summed E-state index contributed by atoms with van der Waals surface area (Å²) in [6.07, 6.45) is -0.0405. The fourth-order valence-electron chi connectivity index (χ4n) is 2.13. The van der Waals surface area contributed by atoms with E-state index in [2.05, 4.69) is 5.92 Å². The van der Waals surface area contributed by atoms with Gasteiger partial charge in [-0.05, 0) is 6.07 Å². The van der Waals surface area contributed by atoms with Gasteiger partial charge in [-0.3, -0.25) is 9.36 Å². The predicted molar refractivity (Wildman–Crippen MR) is 86.6 cm³/mol. The smallest absolute Gasteiger partial charge is 0.433 e. The minimum atomic E-state index is -5.07. The van der Waals surface area contributed by atoms with Crippen LogP contribution in [0.1, 0.15) is 5.69 Å². The number of halogens is 6. The second-order valence-electron chi connectivity index (χ2n) is 4.87. The summed E-state index contributed by atoms with van der Waals surface area (Å²) in [7, 11) is 0.747. The summed E-state index contributed by atoms with van der Waals surface area (Å²) in [6.45, 7) is -0.258. The van der Waals surface area contributed by atoms with Crippen LogP contribution in [0.4, 0.5) is 17.6 Å². The van der Waals surface area contributed by atoms with E-state index in [0.717, 1.165) is 19.2 Å². The Hall–Kier alpha value is -2.44. The minimum Gasteiger partial charge on any atom is -0.479 e. The van der Waals surface area contributed by atoms with Crippen molar-refractivity contribution < 1.29 is 22.3 Å². The fourth-order valence-corrected chi connectivity index (χ4v) is 2.65. The number of aromatic nitrogens is 2. The molecule has 138 valence electrons. The van der Waals surface area contributed by atoms with Gasteiger partial charge >= 0.3 is 11.9 Å². The van der Waals surface area contributed by atoms with Crippen LogP contribution >= 0.6 is 23.2 Å². The molecule has 1 heterocycles. The van der Waals surface area contributed by atoms with Crippen molar-refractivity contribution in [1.29, 1.82) is 0 Å². The van der Waals surface area contributed by atoms with Crippen molar-refractivity contribution in [1.82, 2.24) is 9.13 Å². The van der Waals surface area contributed by atoms with Crippen LogP contribution in [0.25, 0.3) is 5.69 Å². The summed E-state index contributed by atoms with van der Waals surface area (Å²) >= 11 is 11.3. The number of hydrogen-bond donors (Lipinski definition) is 0. The molecule has 0 fully saturated rings. The monoisotopic (exact) mass is 410 g/mol. The van der Waals surface area contributed by atoms with Gasteiger partial charge in [-0.1, -0.05) is 29.1 Å². The standard InChI is InChI=1S/C15H8Cl2F4N2O3/c1-3-4-26-10-6-9(8(18)5-7(10)16)23-13(24)11(17)12(15(19,20)21)22(2)14(23)25/h1,5-6H,4H2,2H3. The first kappa shape index (κ1) is 19.9. The average Bonchev–Trinajstić information content (AvgIpc) is 2.53. The predicted octanol–water partition coefficient (Wildman–Crippen LogP) is 3.01. The summed E-state index contributed by atoms with van der Waals surface area (Å²) in [4.78, 5) is 24.5. The summed E-state index contributed by atoms with van der Waals surface area (Å²) in [6, 6.07) is 1.58. The Labute approximate surface area is 153 Å². The first-order valence-corrected chi connectivity index (χ1v) is 7.40. The van der Waals surface area contributed by atoms with Gasteiger partial charge in [0.25, 0.3) is 5.56 Å². The van der Waals surface area contributed by atoms with Gasteiger partial charge < -0.3 is 4.74 Å². The number of benzene rings is 1. The van der Waals surface area contributed by atoms with Crippen LogP contribution in [-0.2, 0) is 13.2 Å². The quantitative estimate of drug-likeness (QED) is 0.577. The lowest BCUT2D eigenvalue weighted by molar-refractivity contribution is -0.143. The Balaban J connectivity index is 2.85. The summed E-state index contributed by atoms with van der Waals surface area (Å²) < 4.78 is 58.6. The van der Waals surface area contributed by atoms with Crippen molar-refractivity contribution >= 4 is 23.2 Å². The van der Waals surface area contributed by atoms with Gasteiger partial charge in [0, 0.05) is 13.1 Å². The number of nitrogens with zero attached hydrogens (tertiary/aromatic N) is 2.